The molecule has 1 aliphatic heterocycles. The summed E-state index contributed by atoms with van der Waals surface area (Å²) in [4.78, 5) is 0. The monoisotopic (exact) mass is 178 g/mol. The van der Waals surface area contributed by atoms with E-state index in [1.807, 2.05) is 11.8 Å². The quantitative estimate of drug-likeness (QED) is 0.642. The number of thioether (sulfide) groups is 1. The average molecular weight is 178 g/mol. The molecule has 1 aliphatic rings. The summed E-state index contributed by atoms with van der Waals surface area (Å²) in [5.74, 6) is 2.35. The van der Waals surface area contributed by atoms with Crippen LogP contribution in [0, 0.1) is 0 Å². The van der Waals surface area contributed by atoms with Crippen LogP contribution in [0.4, 0.5) is 0 Å². The second kappa shape index (κ2) is 3.97. The van der Waals surface area contributed by atoms with Gasteiger partial charge < -0.3 is 0 Å². The van der Waals surface area contributed by atoms with Crippen LogP contribution in [0.3, 0.4) is 0 Å². The van der Waals surface area contributed by atoms with Gasteiger partial charge in [0.2, 0.25) is 0 Å². The van der Waals surface area contributed by atoms with E-state index in [9.17, 15) is 0 Å². The average Bonchev–Trinajstić information content (AvgIpc) is 2.21. The van der Waals surface area contributed by atoms with Crippen molar-refractivity contribution in [3.05, 3.63) is 35.9 Å². The Labute approximate surface area is 77.6 Å². The number of nitrogens with zero attached hydrogens (tertiary/aromatic N) is 1. The maximum absolute atomic E-state index is 4.58. The fraction of sp³-hybridized carbons (Fsp3) is 0.400. The highest BCUT2D eigenvalue weighted by Gasteiger charge is 2.15. The van der Waals surface area contributed by atoms with Crippen molar-refractivity contribution in [2.24, 2.45) is 0 Å². The van der Waals surface area contributed by atoms with Crippen molar-refractivity contribution in [3.63, 3.8) is 0 Å². The Bertz CT molecular complexity index is 229. The zero-order valence-corrected chi connectivity index (χ0v) is 7.76. The summed E-state index contributed by atoms with van der Waals surface area (Å²) in [6.07, 6.45) is 0. The van der Waals surface area contributed by atoms with E-state index in [1.54, 1.807) is 0 Å². The lowest BCUT2D eigenvalue weighted by molar-refractivity contribution is 0.581. The Kier molecular flexibility index (Phi) is 2.69. The summed E-state index contributed by atoms with van der Waals surface area (Å²) in [6.45, 7) is 1.02. The van der Waals surface area contributed by atoms with Gasteiger partial charge in [-0.15, -0.1) is 0 Å². The molecule has 1 fully saturated rings. The van der Waals surface area contributed by atoms with E-state index >= 15 is 0 Å². The van der Waals surface area contributed by atoms with E-state index in [0.29, 0.717) is 6.04 Å². The van der Waals surface area contributed by atoms with Gasteiger partial charge in [0.1, 0.15) is 0 Å². The molecule has 1 nitrogen and oxygen atoms in total. The number of benzene rings is 1. The molecule has 0 spiro atoms. The Hall–Kier alpha value is -0.470. The van der Waals surface area contributed by atoms with Crippen molar-refractivity contribution >= 4 is 11.8 Å². The predicted molar refractivity (Wildman–Crippen MR) is 53.5 cm³/mol. The Morgan fingerprint density at radius 2 is 2.08 bits per heavy atom. The third-order valence-corrected chi connectivity index (χ3v) is 3.07. The van der Waals surface area contributed by atoms with E-state index in [2.05, 4.69) is 35.6 Å². The van der Waals surface area contributed by atoms with Crippen molar-refractivity contribution in [2.75, 3.05) is 18.1 Å². The molecule has 1 heterocycles. The molecule has 0 amide bonds. The molecule has 1 aromatic carbocycles. The van der Waals surface area contributed by atoms with Crippen LogP contribution in [0.2, 0.25) is 0 Å². The highest BCUT2D eigenvalue weighted by molar-refractivity contribution is 7.99. The van der Waals surface area contributed by atoms with Crippen molar-refractivity contribution in [1.29, 1.82) is 0 Å². The van der Waals surface area contributed by atoms with Gasteiger partial charge in [-0.05, 0) is 5.56 Å². The molecule has 2 rings (SSSR count). The molecule has 0 N–H and O–H groups in total. The van der Waals surface area contributed by atoms with E-state index in [0.717, 1.165) is 12.3 Å². The molecule has 0 aliphatic carbocycles. The molecule has 12 heavy (non-hydrogen) atoms. The molecular formula is C10H12NS. The predicted octanol–water partition coefficient (Wildman–Crippen LogP) is 2.08. The third kappa shape index (κ3) is 1.82. The summed E-state index contributed by atoms with van der Waals surface area (Å²) in [5.41, 5.74) is 1.37. The first-order chi connectivity index (χ1) is 5.97. The van der Waals surface area contributed by atoms with Crippen LogP contribution >= 0.6 is 11.8 Å². The normalized spacial score (nSPS) is 23.8. The Morgan fingerprint density at radius 1 is 1.25 bits per heavy atom. The van der Waals surface area contributed by atoms with Crippen LogP contribution in [-0.4, -0.2) is 18.1 Å². The SMILES string of the molecule is c1ccc(C2CSCC[N]2)cc1. The van der Waals surface area contributed by atoms with Gasteiger partial charge in [-0.3, -0.25) is 0 Å². The molecule has 63 valence electrons. The van der Waals surface area contributed by atoms with Crippen molar-refractivity contribution in [2.45, 2.75) is 6.04 Å². The summed E-state index contributed by atoms with van der Waals surface area (Å²) in [5, 5.41) is 4.58. The van der Waals surface area contributed by atoms with Crippen LogP contribution < -0.4 is 5.32 Å². The fourth-order valence-corrected chi connectivity index (χ4v) is 2.32. The first kappa shape index (κ1) is 8.14. The summed E-state index contributed by atoms with van der Waals surface area (Å²) < 4.78 is 0. The number of hydrogen-bond donors (Lipinski definition) is 0. The lowest BCUT2D eigenvalue weighted by Gasteiger charge is -2.21. The smallest absolute Gasteiger partial charge is 0.0586 e. The van der Waals surface area contributed by atoms with Gasteiger partial charge in [0.15, 0.2) is 0 Å². The minimum Gasteiger partial charge on any atom is -0.232 e. The van der Waals surface area contributed by atoms with Crippen LogP contribution in [-0.2, 0) is 0 Å². The first-order valence-electron chi connectivity index (χ1n) is 4.26. The topological polar surface area (TPSA) is 14.1 Å². The van der Waals surface area contributed by atoms with Crippen LogP contribution in [0.1, 0.15) is 11.6 Å². The number of hydrogen-bond acceptors (Lipinski definition) is 1. The van der Waals surface area contributed by atoms with Gasteiger partial charge in [-0.25, -0.2) is 5.32 Å². The summed E-state index contributed by atoms with van der Waals surface area (Å²) in [6, 6.07) is 11.0. The standard InChI is InChI=1S/C10H12NS/c1-2-4-9(5-3-1)10-8-12-7-6-11-10/h1-5,10H,6-8H2. The Balaban J connectivity index is 2.08. The molecule has 1 aromatic rings. The van der Waals surface area contributed by atoms with Gasteiger partial charge in [-0.1, -0.05) is 30.3 Å². The second-order valence-electron chi connectivity index (χ2n) is 2.91. The largest absolute Gasteiger partial charge is 0.232 e. The minimum atomic E-state index is 0.449. The second-order valence-corrected chi connectivity index (χ2v) is 4.06. The fourth-order valence-electron chi connectivity index (χ4n) is 1.40. The lowest BCUT2D eigenvalue weighted by atomic mass is 10.1. The van der Waals surface area contributed by atoms with Gasteiger partial charge in [0.05, 0.1) is 6.04 Å². The first-order valence-corrected chi connectivity index (χ1v) is 5.41. The summed E-state index contributed by atoms with van der Waals surface area (Å²) in [7, 11) is 0. The molecule has 2 heteroatoms. The zero-order chi connectivity index (χ0) is 8.23. The molecular weight excluding hydrogens is 166 g/mol. The lowest BCUT2D eigenvalue weighted by Crippen LogP contribution is -2.23. The van der Waals surface area contributed by atoms with Crippen LogP contribution in [0.25, 0.3) is 0 Å². The van der Waals surface area contributed by atoms with E-state index in [4.69, 9.17) is 0 Å². The zero-order valence-electron chi connectivity index (χ0n) is 6.94. The maximum Gasteiger partial charge on any atom is 0.0586 e. The van der Waals surface area contributed by atoms with Gasteiger partial charge in [-0.2, -0.15) is 11.8 Å². The van der Waals surface area contributed by atoms with Crippen LogP contribution in [0.15, 0.2) is 30.3 Å². The van der Waals surface area contributed by atoms with Gasteiger partial charge in [0, 0.05) is 18.1 Å². The van der Waals surface area contributed by atoms with E-state index in [1.165, 1.54) is 11.3 Å². The highest BCUT2D eigenvalue weighted by Crippen LogP contribution is 2.22. The molecule has 1 atom stereocenters. The Morgan fingerprint density at radius 3 is 2.75 bits per heavy atom. The van der Waals surface area contributed by atoms with Crippen molar-refractivity contribution in [1.82, 2.24) is 5.32 Å². The number of rotatable bonds is 1. The van der Waals surface area contributed by atoms with Crippen molar-refractivity contribution in [3.8, 4) is 0 Å². The highest BCUT2D eigenvalue weighted by atomic mass is 32.2. The molecule has 0 bridgehead atoms. The molecule has 1 radical (unpaired) electrons. The van der Waals surface area contributed by atoms with Crippen LogP contribution in [0.5, 0.6) is 0 Å². The molecule has 1 unspecified atom stereocenters. The van der Waals surface area contributed by atoms with Gasteiger partial charge in [0.25, 0.3) is 0 Å². The van der Waals surface area contributed by atoms with E-state index < -0.39 is 0 Å². The van der Waals surface area contributed by atoms with E-state index in [-0.39, 0.29) is 0 Å². The maximum atomic E-state index is 4.58. The van der Waals surface area contributed by atoms with Crippen molar-refractivity contribution < 1.29 is 0 Å². The molecule has 0 saturated carbocycles. The van der Waals surface area contributed by atoms with Gasteiger partial charge >= 0.3 is 0 Å². The molecule has 0 aromatic heterocycles. The molecule has 1 saturated heterocycles. The third-order valence-electron chi connectivity index (χ3n) is 2.05. The minimum absolute atomic E-state index is 0.449. The summed E-state index contributed by atoms with van der Waals surface area (Å²) >= 11 is 2.00.